The van der Waals surface area contributed by atoms with Crippen molar-refractivity contribution in [3.8, 4) is 11.5 Å². The quantitative estimate of drug-likeness (QED) is 0.873. The summed E-state index contributed by atoms with van der Waals surface area (Å²) in [6.07, 6.45) is 1.87. The molecular formula is C17H26N2O3. The Morgan fingerprint density at radius 2 is 1.91 bits per heavy atom. The van der Waals surface area contributed by atoms with Crippen molar-refractivity contribution in [2.24, 2.45) is 0 Å². The lowest BCUT2D eigenvalue weighted by Gasteiger charge is -2.29. The fourth-order valence-electron chi connectivity index (χ4n) is 2.70. The summed E-state index contributed by atoms with van der Waals surface area (Å²) < 4.78 is 10.7. The van der Waals surface area contributed by atoms with Gasteiger partial charge in [-0.3, -0.25) is 9.69 Å². The maximum absolute atomic E-state index is 12.0. The van der Waals surface area contributed by atoms with Gasteiger partial charge in [0.15, 0.2) is 11.5 Å². The topological polar surface area (TPSA) is 50.8 Å². The van der Waals surface area contributed by atoms with E-state index in [2.05, 4.69) is 17.1 Å². The molecule has 1 N–H and O–H groups in total. The van der Waals surface area contributed by atoms with Crippen molar-refractivity contribution in [2.45, 2.75) is 39.3 Å². The first kappa shape index (κ1) is 16.6. The zero-order valence-electron chi connectivity index (χ0n) is 13.9. The smallest absolute Gasteiger partial charge is 0.234 e. The Morgan fingerprint density at radius 3 is 2.50 bits per heavy atom. The second kappa shape index (κ2) is 7.49. The molecule has 1 aromatic carbocycles. The molecule has 1 atom stereocenters. The standard InChI is InChI=1S/C17H26N2O3/c1-5-12(2)18-17(20)11-19-7-6-13-8-15(21-3)16(22-4)9-14(13)10-19/h8-9,12H,5-7,10-11H2,1-4H3,(H,18,20). The highest BCUT2D eigenvalue weighted by atomic mass is 16.5. The summed E-state index contributed by atoms with van der Waals surface area (Å²) in [5, 5.41) is 3.02. The first-order valence-corrected chi connectivity index (χ1v) is 7.82. The van der Waals surface area contributed by atoms with Crippen LogP contribution in [0.4, 0.5) is 0 Å². The molecular weight excluding hydrogens is 280 g/mol. The molecule has 0 spiro atoms. The molecule has 1 amide bonds. The summed E-state index contributed by atoms with van der Waals surface area (Å²) in [5.74, 6) is 1.61. The largest absolute Gasteiger partial charge is 0.493 e. The number of amides is 1. The average molecular weight is 306 g/mol. The summed E-state index contributed by atoms with van der Waals surface area (Å²) >= 11 is 0. The number of hydrogen-bond donors (Lipinski definition) is 1. The van der Waals surface area contributed by atoms with Gasteiger partial charge >= 0.3 is 0 Å². The van der Waals surface area contributed by atoms with E-state index in [9.17, 15) is 4.79 Å². The van der Waals surface area contributed by atoms with Crippen LogP contribution in [0.25, 0.3) is 0 Å². The molecule has 0 saturated heterocycles. The highest BCUT2D eigenvalue weighted by Crippen LogP contribution is 2.33. The molecule has 1 aliphatic rings. The summed E-state index contributed by atoms with van der Waals surface area (Å²) in [5.41, 5.74) is 2.48. The molecule has 1 aliphatic heterocycles. The summed E-state index contributed by atoms with van der Waals surface area (Å²) in [4.78, 5) is 14.2. The lowest BCUT2D eigenvalue weighted by Crippen LogP contribution is -2.42. The molecule has 0 bridgehead atoms. The van der Waals surface area contributed by atoms with Gasteiger partial charge in [-0.1, -0.05) is 6.92 Å². The third-order valence-electron chi connectivity index (χ3n) is 4.18. The van der Waals surface area contributed by atoms with Crippen LogP contribution in [-0.4, -0.2) is 44.2 Å². The molecule has 22 heavy (non-hydrogen) atoms. The van der Waals surface area contributed by atoms with E-state index < -0.39 is 0 Å². The monoisotopic (exact) mass is 306 g/mol. The van der Waals surface area contributed by atoms with Crippen LogP contribution >= 0.6 is 0 Å². The number of methoxy groups -OCH3 is 2. The Hall–Kier alpha value is -1.75. The van der Waals surface area contributed by atoms with E-state index in [1.807, 2.05) is 19.1 Å². The Balaban J connectivity index is 2.03. The van der Waals surface area contributed by atoms with E-state index in [0.717, 1.165) is 37.4 Å². The highest BCUT2D eigenvalue weighted by molar-refractivity contribution is 5.78. The van der Waals surface area contributed by atoms with E-state index in [4.69, 9.17) is 9.47 Å². The molecule has 2 rings (SSSR count). The Bertz CT molecular complexity index is 531. The normalized spacial score (nSPS) is 15.8. The van der Waals surface area contributed by atoms with Gasteiger partial charge in [0.25, 0.3) is 0 Å². The van der Waals surface area contributed by atoms with Gasteiger partial charge in [0, 0.05) is 19.1 Å². The summed E-state index contributed by atoms with van der Waals surface area (Å²) in [6.45, 7) is 6.19. The van der Waals surface area contributed by atoms with Crippen molar-refractivity contribution in [1.29, 1.82) is 0 Å². The average Bonchev–Trinajstić information content (AvgIpc) is 2.53. The molecule has 5 nitrogen and oxygen atoms in total. The minimum atomic E-state index is 0.0956. The molecule has 0 saturated carbocycles. The lowest BCUT2D eigenvalue weighted by molar-refractivity contribution is -0.123. The fourth-order valence-corrected chi connectivity index (χ4v) is 2.70. The van der Waals surface area contributed by atoms with Crippen LogP contribution in [0, 0.1) is 0 Å². The molecule has 0 aromatic heterocycles. The van der Waals surface area contributed by atoms with Crippen LogP contribution in [0.15, 0.2) is 12.1 Å². The van der Waals surface area contributed by atoms with Gasteiger partial charge in [-0.15, -0.1) is 0 Å². The van der Waals surface area contributed by atoms with Crippen molar-refractivity contribution in [3.63, 3.8) is 0 Å². The van der Waals surface area contributed by atoms with Gasteiger partial charge in [-0.05, 0) is 43.0 Å². The molecule has 0 aliphatic carbocycles. The van der Waals surface area contributed by atoms with Crippen LogP contribution in [-0.2, 0) is 17.8 Å². The fraction of sp³-hybridized carbons (Fsp3) is 0.588. The number of benzene rings is 1. The number of ether oxygens (including phenoxy) is 2. The number of carbonyl (C=O) groups is 1. The van der Waals surface area contributed by atoms with Gasteiger partial charge in [0.1, 0.15) is 0 Å². The number of fused-ring (bicyclic) bond motifs is 1. The van der Waals surface area contributed by atoms with E-state index >= 15 is 0 Å². The minimum absolute atomic E-state index is 0.0956. The minimum Gasteiger partial charge on any atom is -0.493 e. The molecule has 0 radical (unpaired) electrons. The number of hydrogen-bond acceptors (Lipinski definition) is 4. The first-order valence-electron chi connectivity index (χ1n) is 7.82. The second-order valence-electron chi connectivity index (χ2n) is 5.81. The SMILES string of the molecule is CCC(C)NC(=O)CN1CCc2cc(OC)c(OC)cc2C1. The third-order valence-corrected chi connectivity index (χ3v) is 4.18. The van der Waals surface area contributed by atoms with Crippen LogP contribution in [0.3, 0.4) is 0 Å². The number of nitrogens with zero attached hydrogens (tertiary/aromatic N) is 1. The maximum atomic E-state index is 12.0. The Kier molecular flexibility index (Phi) is 5.66. The summed E-state index contributed by atoms with van der Waals surface area (Å²) in [7, 11) is 3.29. The molecule has 5 heteroatoms. The van der Waals surface area contributed by atoms with Gasteiger partial charge < -0.3 is 14.8 Å². The van der Waals surface area contributed by atoms with Crippen LogP contribution in [0.2, 0.25) is 0 Å². The number of rotatable bonds is 6. The maximum Gasteiger partial charge on any atom is 0.234 e. The van der Waals surface area contributed by atoms with Crippen LogP contribution in [0.1, 0.15) is 31.4 Å². The molecule has 1 unspecified atom stereocenters. The number of carbonyl (C=O) groups excluding carboxylic acids is 1. The van der Waals surface area contributed by atoms with Crippen LogP contribution in [0.5, 0.6) is 11.5 Å². The highest BCUT2D eigenvalue weighted by Gasteiger charge is 2.21. The van der Waals surface area contributed by atoms with E-state index in [-0.39, 0.29) is 11.9 Å². The Labute approximate surface area is 132 Å². The van der Waals surface area contributed by atoms with Crippen molar-refractivity contribution in [2.75, 3.05) is 27.3 Å². The number of nitrogens with one attached hydrogen (secondary N) is 1. The molecule has 1 heterocycles. The van der Waals surface area contributed by atoms with Crippen molar-refractivity contribution < 1.29 is 14.3 Å². The van der Waals surface area contributed by atoms with Crippen molar-refractivity contribution in [3.05, 3.63) is 23.3 Å². The van der Waals surface area contributed by atoms with Gasteiger partial charge in [-0.2, -0.15) is 0 Å². The summed E-state index contributed by atoms with van der Waals surface area (Å²) in [6, 6.07) is 4.30. The predicted molar refractivity (Wildman–Crippen MR) is 86.4 cm³/mol. The van der Waals surface area contributed by atoms with Crippen LogP contribution < -0.4 is 14.8 Å². The van der Waals surface area contributed by atoms with E-state index in [0.29, 0.717) is 6.54 Å². The van der Waals surface area contributed by atoms with Gasteiger partial charge in [-0.25, -0.2) is 0 Å². The van der Waals surface area contributed by atoms with E-state index in [1.165, 1.54) is 11.1 Å². The second-order valence-corrected chi connectivity index (χ2v) is 5.81. The van der Waals surface area contributed by atoms with Gasteiger partial charge in [0.2, 0.25) is 5.91 Å². The molecule has 1 aromatic rings. The zero-order chi connectivity index (χ0) is 16.1. The molecule has 0 fully saturated rings. The first-order chi connectivity index (χ1) is 10.6. The lowest BCUT2D eigenvalue weighted by atomic mass is 9.99. The zero-order valence-corrected chi connectivity index (χ0v) is 13.9. The Morgan fingerprint density at radius 1 is 1.27 bits per heavy atom. The van der Waals surface area contributed by atoms with Gasteiger partial charge in [0.05, 0.1) is 20.8 Å². The van der Waals surface area contributed by atoms with E-state index in [1.54, 1.807) is 14.2 Å². The third kappa shape index (κ3) is 3.91. The predicted octanol–water partition coefficient (Wildman–Crippen LogP) is 1.98. The van der Waals surface area contributed by atoms with Crippen molar-refractivity contribution in [1.82, 2.24) is 10.2 Å². The molecule has 122 valence electrons. The van der Waals surface area contributed by atoms with Crippen molar-refractivity contribution >= 4 is 5.91 Å².